The lowest BCUT2D eigenvalue weighted by Gasteiger charge is -2.71. The maximum Gasteiger partial charge on any atom is 0.315 e. The molecule has 0 amide bonds. The van der Waals surface area contributed by atoms with Crippen molar-refractivity contribution in [2.75, 3.05) is 26.4 Å². The Labute approximate surface area is 499 Å². The van der Waals surface area contributed by atoms with E-state index in [1.807, 2.05) is 13.8 Å². The van der Waals surface area contributed by atoms with Gasteiger partial charge in [-0.25, -0.2) is 0 Å². The fourth-order valence-corrected chi connectivity index (χ4v) is 17.5. The van der Waals surface area contributed by atoms with Gasteiger partial charge in [0.05, 0.1) is 50.2 Å². The Morgan fingerprint density at radius 2 is 1.10 bits per heavy atom. The largest absolute Gasteiger partial charge is 0.432 e. The Hall–Kier alpha value is -1.79. The smallest absolute Gasteiger partial charge is 0.315 e. The molecule has 494 valence electrons. The van der Waals surface area contributed by atoms with Crippen LogP contribution in [-0.4, -0.2) is 274 Å². The molecule has 27 heteroatoms. The highest BCUT2D eigenvalue weighted by Crippen LogP contribution is 2.76. The maximum absolute atomic E-state index is 15.2. The van der Waals surface area contributed by atoms with Gasteiger partial charge in [-0.15, -0.1) is 0 Å². The van der Waals surface area contributed by atoms with E-state index in [0.29, 0.717) is 44.9 Å². The van der Waals surface area contributed by atoms with Crippen molar-refractivity contribution >= 4 is 5.97 Å². The molecule has 5 aliphatic heterocycles. The third kappa shape index (κ3) is 11.0. The van der Waals surface area contributed by atoms with Gasteiger partial charge in [0.15, 0.2) is 25.2 Å². The molecule has 5 saturated heterocycles. The minimum absolute atomic E-state index is 0.0640. The maximum atomic E-state index is 15.2. The van der Waals surface area contributed by atoms with E-state index < -0.39 is 213 Å². The number of carbonyl (C=O) groups excluding carboxylic acids is 1. The summed E-state index contributed by atoms with van der Waals surface area (Å²) in [6.45, 7) is 14.2. The molecule has 86 heavy (non-hydrogen) atoms. The number of aliphatic hydroxyl groups is 16. The van der Waals surface area contributed by atoms with Gasteiger partial charge in [-0.05, 0) is 104 Å². The monoisotopic (exact) mass is 1240 g/mol. The van der Waals surface area contributed by atoms with E-state index in [9.17, 15) is 81.7 Å². The Kier molecular flexibility index (Phi) is 19.2. The highest BCUT2D eigenvalue weighted by Gasteiger charge is 2.72. The van der Waals surface area contributed by atoms with Gasteiger partial charge in [-0.2, -0.15) is 0 Å². The van der Waals surface area contributed by atoms with Gasteiger partial charge < -0.3 is 129 Å². The van der Waals surface area contributed by atoms with Crippen LogP contribution in [0.25, 0.3) is 0 Å². The SMILES string of the molecule is C[C@@H]1O[C@@H](O[C@H]2[C@H](O[C@H]3CC[C@@]4(C)C(CC[C@]5(C)C4CC=C4[C@@H]6[C@H](O)C(C)(C)CC[C@]6(C(=O)O[C@@H]6O[C@H](CO[C@@H]7O[C@H](CO)[C@@H](O)[C@H](O)[C@H]7O)[C@@H](O)[C@H](O)[C@H]6O)CC[C@]45C)C3(C)C)OC[C@H](O)[C@@H]2O)[C@H](O)[C@H](O[C@@H]2O[C@H](CO)[C@@H](O)[C@H](O)[C@H]2O)[C@H]1O. The number of fused-ring (bicyclic) bond motifs is 7. The van der Waals surface area contributed by atoms with E-state index in [4.69, 9.17) is 47.4 Å². The number of carbonyl (C=O) groups is 1. The van der Waals surface area contributed by atoms with Gasteiger partial charge in [0.1, 0.15) is 110 Å². The number of hydrogen-bond acceptors (Lipinski definition) is 27. The molecular weight excluding hydrogens is 1140 g/mol. The van der Waals surface area contributed by atoms with Gasteiger partial charge in [-0.3, -0.25) is 4.79 Å². The molecule has 2 unspecified atom stereocenters. The van der Waals surface area contributed by atoms with Crippen LogP contribution in [-0.2, 0) is 52.2 Å². The number of aliphatic hydroxyl groups excluding tert-OH is 16. The van der Waals surface area contributed by atoms with Crippen LogP contribution in [0.4, 0.5) is 0 Å². The van der Waals surface area contributed by atoms with Gasteiger partial charge in [0, 0.05) is 5.92 Å². The van der Waals surface area contributed by atoms with Crippen LogP contribution in [0.1, 0.15) is 113 Å². The van der Waals surface area contributed by atoms with Crippen molar-refractivity contribution in [3.63, 3.8) is 0 Å². The molecule has 5 aliphatic carbocycles. The van der Waals surface area contributed by atoms with E-state index in [0.717, 1.165) is 18.4 Å². The second kappa shape index (κ2) is 24.6. The second-order valence-corrected chi connectivity index (χ2v) is 28.6. The molecule has 0 aromatic rings. The van der Waals surface area contributed by atoms with Crippen molar-refractivity contribution in [3.8, 4) is 0 Å². The zero-order valence-electron chi connectivity index (χ0n) is 50.2. The molecule has 0 bridgehead atoms. The predicted octanol–water partition coefficient (Wildman–Crippen LogP) is -3.57. The molecule has 27 nitrogen and oxygen atoms in total. The van der Waals surface area contributed by atoms with Crippen molar-refractivity contribution in [2.45, 2.75) is 273 Å². The minimum Gasteiger partial charge on any atom is -0.432 e. The third-order valence-electron chi connectivity index (χ3n) is 23.3. The lowest BCUT2D eigenvalue weighted by molar-refractivity contribution is -0.382. The molecule has 10 rings (SSSR count). The molecule has 0 aromatic carbocycles. The van der Waals surface area contributed by atoms with Gasteiger partial charge in [0.25, 0.3) is 0 Å². The summed E-state index contributed by atoms with van der Waals surface area (Å²) in [6.07, 6.45) is -33.2. The average Bonchev–Trinajstić information content (AvgIpc) is 0.682. The van der Waals surface area contributed by atoms with Crippen LogP contribution in [0.3, 0.4) is 0 Å². The first-order valence-electron chi connectivity index (χ1n) is 30.7. The van der Waals surface area contributed by atoms with Crippen LogP contribution in [0.5, 0.6) is 0 Å². The molecule has 5 heterocycles. The Morgan fingerprint density at radius 1 is 0.547 bits per heavy atom. The van der Waals surface area contributed by atoms with E-state index in [1.54, 1.807) is 0 Å². The first-order valence-corrected chi connectivity index (χ1v) is 30.7. The summed E-state index contributed by atoms with van der Waals surface area (Å²) in [5.41, 5.74) is -2.69. The Balaban J connectivity index is 0.849. The van der Waals surface area contributed by atoms with E-state index in [-0.39, 0.29) is 29.3 Å². The topological polar surface area (TPSA) is 433 Å². The quantitative estimate of drug-likeness (QED) is 0.0482. The van der Waals surface area contributed by atoms with Gasteiger partial charge >= 0.3 is 5.97 Å². The van der Waals surface area contributed by atoms with Gasteiger partial charge in [0.2, 0.25) is 6.29 Å². The molecular formula is C59H96O27. The summed E-state index contributed by atoms with van der Waals surface area (Å²) < 4.78 is 59.6. The number of rotatable bonds is 13. The summed E-state index contributed by atoms with van der Waals surface area (Å²) in [5, 5.41) is 173. The van der Waals surface area contributed by atoms with Crippen LogP contribution in [0, 0.1) is 50.2 Å². The summed E-state index contributed by atoms with van der Waals surface area (Å²) >= 11 is 0. The number of allylic oxidation sites excluding steroid dienone is 1. The first-order chi connectivity index (χ1) is 40.2. The minimum atomic E-state index is -1.92. The van der Waals surface area contributed by atoms with Crippen molar-refractivity contribution < 1.29 is 134 Å². The van der Waals surface area contributed by atoms with Crippen molar-refractivity contribution in [1.82, 2.24) is 0 Å². The van der Waals surface area contributed by atoms with Crippen LogP contribution < -0.4 is 0 Å². The summed E-state index contributed by atoms with van der Waals surface area (Å²) in [4.78, 5) is 15.2. The van der Waals surface area contributed by atoms with E-state index >= 15 is 4.79 Å². The summed E-state index contributed by atoms with van der Waals surface area (Å²) in [7, 11) is 0. The Morgan fingerprint density at radius 3 is 1.74 bits per heavy atom. The lowest BCUT2D eigenvalue weighted by atomic mass is 9.33. The third-order valence-corrected chi connectivity index (χ3v) is 23.3. The molecule has 0 aromatic heterocycles. The molecule has 33 atom stereocenters. The number of esters is 1. The van der Waals surface area contributed by atoms with Crippen LogP contribution in [0.2, 0.25) is 0 Å². The number of hydrogen-bond donors (Lipinski definition) is 16. The standard InChI is InChI=1S/C59H96O27/c1-23-33(63)45(84-49-42(72)39(69)36(66)27(20-61)81-49)44(74)51(79-23)85-46-34(64)25(62)21-77-52(46)83-31-12-13-56(6)29(55(31,4)5)11-14-58(8)30(56)10-9-24-32-47(75)54(2,3)15-17-59(32,18-16-57(24,58)7)53(76)86-50-43(73)40(70)37(67)28(82-50)22-78-48-41(71)38(68)35(65)26(19-60)80-48/h9,23,25-52,60-75H,10-22H2,1-8H3/t23-,25-,26+,27+,28+,29?,30?,31-,32+,33-,34-,35+,36+,37+,38-,39-,40-,41+,42+,43+,44+,45+,46+,47-,48+,49-,50-,51-,52-,56-,57+,58+,59-/m0/s1. The van der Waals surface area contributed by atoms with Crippen molar-refractivity contribution in [3.05, 3.63) is 11.6 Å². The summed E-state index contributed by atoms with van der Waals surface area (Å²) in [5.74, 6) is -1.30. The fraction of sp³-hybridized carbons (Fsp3) is 0.949. The average molecular weight is 1240 g/mol. The highest BCUT2D eigenvalue weighted by atomic mass is 16.8. The fourth-order valence-electron chi connectivity index (χ4n) is 17.5. The van der Waals surface area contributed by atoms with E-state index in [2.05, 4.69) is 40.7 Å². The zero-order chi connectivity index (χ0) is 62.9. The number of ether oxygens (including phenoxy) is 10. The molecule has 0 radical (unpaired) electrons. The Bertz CT molecular complexity index is 2400. The van der Waals surface area contributed by atoms with Crippen molar-refractivity contribution in [2.24, 2.45) is 50.2 Å². The zero-order valence-corrected chi connectivity index (χ0v) is 50.2. The molecule has 9 fully saturated rings. The lowest BCUT2D eigenvalue weighted by Crippen LogP contribution is -2.67. The van der Waals surface area contributed by atoms with Crippen LogP contribution >= 0.6 is 0 Å². The van der Waals surface area contributed by atoms with Crippen LogP contribution in [0.15, 0.2) is 11.6 Å². The van der Waals surface area contributed by atoms with Crippen molar-refractivity contribution in [1.29, 1.82) is 0 Å². The normalized spacial score (nSPS) is 54.5. The molecule has 16 N–H and O–H groups in total. The summed E-state index contributed by atoms with van der Waals surface area (Å²) in [6, 6.07) is 0. The highest BCUT2D eigenvalue weighted by molar-refractivity contribution is 5.79. The van der Waals surface area contributed by atoms with Gasteiger partial charge in [-0.1, -0.05) is 60.1 Å². The first kappa shape index (κ1) is 67.1. The molecule has 10 aliphatic rings. The molecule has 0 spiro atoms. The molecule has 4 saturated carbocycles. The van der Waals surface area contributed by atoms with E-state index in [1.165, 1.54) is 6.92 Å². The second-order valence-electron chi connectivity index (χ2n) is 28.6. The predicted molar refractivity (Wildman–Crippen MR) is 289 cm³/mol.